The number of carbonyl (C=O) groups excluding carboxylic acids is 1. The Hall–Kier alpha value is -1.69. The number of aromatic nitrogens is 2. The first kappa shape index (κ1) is 14.3. The molecule has 1 aliphatic carbocycles. The van der Waals surface area contributed by atoms with Gasteiger partial charge in [0.05, 0.1) is 11.9 Å². The Bertz CT molecular complexity index is 700. The van der Waals surface area contributed by atoms with Crippen LogP contribution >= 0.6 is 15.9 Å². The lowest BCUT2D eigenvalue weighted by Gasteiger charge is -2.18. The third-order valence-electron chi connectivity index (χ3n) is 3.86. The van der Waals surface area contributed by atoms with Gasteiger partial charge in [-0.15, -0.1) is 0 Å². The van der Waals surface area contributed by atoms with Crippen LogP contribution in [0.1, 0.15) is 17.9 Å². The van der Waals surface area contributed by atoms with Crippen molar-refractivity contribution in [3.63, 3.8) is 0 Å². The molecule has 6 heteroatoms. The van der Waals surface area contributed by atoms with E-state index in [4.69, 9.17) is 0 Å². The van der Waals surface area contributed by atoms with E-state index in [2.05, 4.69) is 21.0 Å². The number of rotatable bonds is 3. The Balaban J connectivity index is 1.74. The molecule has 1 fully saturated rings. The number of amides is 1. The van der Waals surface area contributed by atoms with E-state index in [1.807, 2.05) is 13.2 Å². The second-order valence-corrected chi connectivity index (χ2v) is 6.30. The summed E-state index contributed by atoms with van der Waals surface area (Å²) in [4.78, 5) is 13.9. The molecule has 21 heavy (non-hydrogen) atoms. The minimum atomic E-state index is -0.404. The van der Waals surface area contributed by atoms with Gasteiger partial charge in [0.2, 0.25) is 5.91 Å². The van der Waals surface area contributed by atoms with Crippen LogP contribution in [0.2, 0.25) is 0 Å². The summed E-state index contributed by atoms with van der Waals surface area (Å²) in [5.74, 6) is -0.335. The van der Waals surface area contributed by atoms with Crippen molar-refractivity contribution in [1.82, 2.24) is 9.78 Å². The van der Waals surface area contributed by atoms with Gasteiger partial charge in [0.1, 0.15) is 5.82 Å². The van der Waals surface area contributed by atoms with Gasteiger partial charge in [0.15, 0.2) is 0 Å². The molecule has 1 amide bonds. The normalized spacial score (nSPS) is 20.4. The zero-order valence-electron chi connectivity index (χ0n) is 11.8. The van der Waals surface area contributed by atoms with Crippen LogP contribution in [-0.2, 0) is 11.8 Å². The Morgan fingerprint density at radius 3 is 2.90 bits per heavy atom. The molecule has 1 aliphatic rings. The van der Waals surface area contributed by atoms with Crippen molar-refractivity contribution in [2.45, 2.75) is 12.3 Å². The molecule has 2 aromatic rings. The molecule has 4 nitrogen and oxygen atoms in total. The van der Waals surface area contributed by atoms with Crippen LogP contribution in [0.4, 0.5) is 10.1 Å². The predicted molar refractivity (Wildman–Crippen MR) is 81.6 cm³/mol. The quantitative estimate of drug-likeness (QED) is 0.852. The first-order valence-electron chi connectivity index (χ1n) is 6.68. The molecule has 0 aliphatic heterocycles. The standard InChI is InChI=1S/C15H15BrFN3O/c1-19-8-9(7-18-19)11-6-12(11)15(21)20(2)14-4-3-10(16)5-13(14)17/h3-5,7-8,11-12H,6H2,1-2H3/t11-,12-/m0/s1. The molecule has 2 atom stereocenters. The number of anilines is 1. The summed E-state index contributed by atoms with van der Waals surface area (Å²) in [6, 6.07) is 4.71. The van der Waals surface area contributed by atoms with Gasteiger partial charge in [-0.05, 0) is 36.1 Å². The molecule has 0 radical (unpaired) electrons. The monoisotopic (exact) mass is 351 g/mol. The molecular weight excluding hydrogens is 337 g/mol. The smallest absolute Gasteiger partial charge is 0.230 e. The van der Waals surface area contributed by atoms with Gasteiger partial charge in [-0.2, -0.15) is 5.10 Å². The third kappa shape index (κ3) is 2.72. The zero-order chi connectivity index (χ0) is 15.1. The number of nitrogens with zero attached hydrogens (tertiary/aromatic N) is 3. The maximum atomic E-state index is 13.9. The van der Waals surface area contributed by atoms with Crippen molar-refractivity contribution in [2.75, 3.05) is 11.9 Å². The Labute approximate surface area is 130 Å². The van der Waals surface area contributed by atoms with Crippen molar-refractivity contribution in [3.05, 3.63) is 46.4 Å². The molecule has 0 N–H and O–H groups in total. The molecule has 0 unspecified atom stereocenters. The maximum absolute atomic E-state index is 13.9. The van der Waals surface area contributed by atoms with Crippen LogP contribution in [0.3, 0.4) is 0 Å². The highest BCUT2D eigenvalue weighted by Crippen LogP contribution is 2.48. The van der Waals surface area contributed by atoms with Crippen molar-refractivity contribution in [1.29, 1.82) is 0 Å². The Morgan fingerprint density at radius 2 is 2.29 bits per heavy atom. The molecule has 1 saturated carbocycles. The number of hydrogen-bond acceptors (Lipinski definition) is 2. The van der Waals surface area contributed by atoms with E-state index in [9.17, 15) is 9.18 Å². The predicted octanol–water partition coefficient (Wildman–Crippen LogP) is 3.09. The molecule has 110 valence electrons. The fraction of sp³-hybridized carbons (Fsp3) is 0.333. The van der Waals surface area contributed by atoms with E-state index in [0.717, 1.165) is 12.0 Å². The molecule has 0 spiro atoms. The summed E-state index contributed by atoms with van der Waals surface area (Å²) in [7, 11) is 3.47. The summed E-state index contributed by atoms with van der Waals surface area (Å²) >= 11 is 3.21. The van der Waals surface area contributed by atoms with E-state index in [1.165, 1.54) is 11.0 Å². The Kier molecular flexibility index (Phi) is 3.57. The lowest BCUT2D eigenvalue weighted by Crippen LogP contribution is -2.29. The SMILES string of the molecule is CN(C(=O)[C@H]1C[C@H]1c1cnn(C)c1)c1ccc(Br)cc1F. The lowest BCUT2D eigenvalue weighted by molar-refractivity contribution is -0.119. The average Bonchev–Trinajstić information content (AvgIpc) is 3.12. The lowest BCUT2D eigenvalue weighted by atomic mass is 10.2. The van der Waals surface area contributed by atoms with Crippen molar-refractivity contribution in [2.24, 2.45) is 13.0 Å². The fourth-order valence-electron chi connectivity index (χ4n) is 2.59. The van der Waals surface area contributed by atoms with Crippen LogP contribution in [0.5, 0.6) is 0 Å². The number of benzene rings is 1. The van der Waals surface area contributed by atoms with E-state index < -0.39 is 5.82 Å². The summed E-state index contributed by atoms with van der Waals surface area (Å²) < 4.78 is 16.3. The van der Waals surface area contributed by atoms with Crippen LogP contribution in [0.25, 0.3) is 0 Å². The number of carbonyl (C=O) groups is 1. The summed E-state index contributed by atoms with van der Waals surface area (Å²) in [6.45, 7) is 0. The van der Waals surface area contributed by atoms with Gasteiger partial charge in [-0.25, -0.2) is 4.39 Å². The fourth-order valence-corrected chi connectivity index (χ4v) is 2.92. The van der Waals surface area contributed by atoms with Gasteiger partial charge < -0.3 is 4.90 Å². The first-order chi connectivity index (χ1) is 9.97. The summed E-state index contributed by atoms with van der Waals surface area (Å²) in [5.41, 5.74) is 1.38. The third-order valence-corrected chi connectivity index (χ3v) is 4.36. The van der Waals surface area contributed by atoms with Crippen LogP contribution in [-0.4, -0.2) is 22.7 Å². The highest BCUT2D eigenvalue weighted by atomic mass is 79.9. The molecule has 3 rings (SSSR count). The molecule has 0 bridgehead atoms. The first-order valence-corrected chi connectivity index (χ1v) is 7.48. The topological polar surface area (TPSA) is 38.1 Å². The molecule has 1 aromatic carbocycles. The second kappa shape index (κ2) is 5.26. The van der Waals surface area contributed by atoms with Crippen LogP contribution in [0, 0.1) is 11.7 Å². The van der Waals surface area contributed by atoms with Crippen molar-refractivity contribution in [3.8, 4) is 0 Å². The van der Waals surface area contributed by atoms with Crippen LogP contribution in [0.15, 0.2) is 35.1 Å². The van der Waals surface area contributed by atoms with E-state index in [1.54, 1.807) is 30.1 Å². The molecule has 1 aromatic heterocycles. The van der Waals surface area contributed by atoms with Crippen molar-refractivity contribution < 1.29 is 9.18 Å². The van der Waals surface area contributed by atoms with Crippen LogP contribution < -0.4 is 4.90 Å². The van der Waals surface area contributed by atoms with Gasteiger partial charge in [-0.3, -0.25) is 9.48 Å². The number of aryl methyl sites for hydroxylation is 1. The number of halogens is 2. The van der Waals surface area contributed by atoms with Crippen molar-refractivity contribution >= 4 is 27.5 Å². The highest BCUT2D eigenvalue weighted by molar-refractivity contribution is 9.10. The molecule has 0 saturated heterocycles. The largest absolute Gasteiger partial charge is 0.313 e. The number of hydrogen-bond donors (Lipinski definition) is 0. The minimum Gasteiger partial charge on any atom is -0.313 e. The zero-order valence-corrected chi connectivity index (χ0v) is 13.3. The van der Waals surface area contributed by atoms with E-state index in [0.29, 0.717) is 10.2 Å². The van der Waals surface area contributed by atoms with E-state index in [-0.39, 0.29) is 17.7 Å². The maximum Gasteiger partial charge on any atom is 0.230 e. The van der Waals surface area contributed by atoms with Gasteiger partial charge >= 0.3 is 0 Å². The Morgan fingerprint density at radius 1 is 1.52 bits per heavy atom. The van der Waals surface area contributed by atoms with Gasteiger partial charge in [0, 0.05) is 30.7 Å². The van der Waals surface area contributed by atoms with E-state index >= 15 is 0 Å². The molecule has 1 heterocycles. The highest BCUT2D eigenvalue weighted by Gasteiger charge is 2.46. The summed E-state index contributed by atoms with van der Waals surface area (Å²) in [6.07, 6.45) is 4.52. The minimum absolute atomic E-state index is 0.0509. The second-order valence-electron chi connectivity index (χ2n) is 5.39. The summed E-state index contributed by atoms with van der Waals surface area (Å²) in [5, 5.41) is 4.13. The molecular formula is C15H15BrFN3O. The van der Waals surface area contributed by atoms with Gasteiger partial charge in [-0.1, -0.05) is 15.9 Å². The average molecular weight is 352 g/mol. The van der Waals surface area contributed by atoms with Gasteiger partial charge in [0.25, 0.3) is 0 Å².